The van der Waals surface area contributed by atoms with E-state index >= 15 is 0 Å². The van der Waals surface area contributed by atoms with Crippen LogP contribution in [-0.2, 0) is 12.0 Å². The van der Waals surface area contributed by atoms with Gasteiger partial charge in [-0.1, -0.05) is 6.92 Å². The van der Waals surface area contributed by atoms with Crippen LogP contribution < -0.4 is 16.2 Å². The number of aromatic nitrogens is 1. The van der Waals surface area contributed by atoms with Gasteiger partial charge in [-0.05, 0) is 92.5 Å². The number of pyridine rings is 1. The Hall–Kier alpha value is -1.61. The van der Waals surface area contributed by atoms with E-state index in [1.54, 1.807) is 25.2 Å². The third kappa shape index (κ3) is 5.12. The molecule has 0 spiro atoms. The third-order valence-corrected chi connectivity index (χ3v) is 7.16. The number of nitrogens with one attached hydrogen (secondary N) is 1. The van der Waals surface area contributed by atoms with Crippen LogP contribution in [0, 0.1) is 6.92 Å². The lowest BCUT2D eigenvalue weighted by Crippen LogP contribution is -2.21. The minimum Gasteiger partial charge on any atom is -0.386 e. The normalized spacial score (nSPS) is 18.1. The van der Waals surface area contributed by atoms with E-state index in [-0.39, 0.29) is 0 Å². The fourth-order valence-electron chi connectivity index (χ4n) is 3.67. The Morgan fingerprint density at radius 2 is 2.03 bits per heavy atom. The van der Waals surface area contributed by atoms with Crippen LogP contribution in [0.2, 0.25) is 0 Å². The van der Waals surface area contributed by atoms with Crippen molar-refractivity contribution in [1.82, 2.24) is 4.98 Å². The van der Waals surface area contributed by atoms with Crippen molar-refractivity contribution in [2.45, 2.75) is 75.0 Å². The first kappa shape index (κ1) is 22.1. The van der Waals surface area contributed by atoms with Crippen LogP contribution in [0.25, 0.3) is 0 Å². The summed E-state index contributed by atoms with van der Waals surface area (Å²) in [6, 6.07) is 1.43. The SMILES string of the molecule is CC(C)(O)c1csc(SN)c1.Cc1c(C2CC2)nc2c(c1NC(N)=O)CCC2C. The Bertz CT molecular complexity index is 900. The number of primary amides is 1. The topological polar surface area (TPSA) is 114 Å². The van der Waals surface area contributed by atoms with E-state index in [9.17, 15) is 9.90 Å². The summed E-state index contributed by atoms with van der Waals surface area (Å²) in [5.74, 6) is 1.09. The molecule has 2 heterocycles. The minimum absolute atomic E-state index is 0.479. The number of aliphatic hydroxyl groups is 1. The number of rotatable bonds is 4. The second-order valence-electron chi connectivity index (χ2n) is 8.40. The Balaban J connectivity index is 0.000000188. The monoisotopic (exact) mass is 434 g/mol. The number of nitrogens with two attached hydrogens (primary N) is 2. The van der Waals surface area contributed by atoms with Gasteiger partial charge in [0, 0.05) is 17.3 Å². The Labute approximate surface area is 180 Å². The number of urea groups is 1. The van der Waals surface area contributed by atoms with Gasteiger partial charge in [-0.15, -0.1) is 11.3 Å². The highest BCUT2D eigenvalue weighted by Crippen LogP contribution is 2.46. The van der Waals surface area contributed by atoms with Crippen molar-refractivity contribution in [3.05, 3.63) is 39.5 Å². The smallest absolute Gasteiger partial charge is 0.316 e. The van der Waals surface area contributed by atoms with Gasteiger partial charge in [-0.25, -0.2) is 4.79 Å². The van der Waals surface area contributed by atoms with Crippen LogP contribution in [-0.4, -0.2) is 16.1 Å². The second-order valence-corrected chi connectivity index (χ2v) is 10.2. The lowest BCUT2D eigenvalue weighted by molar-refractivity contribution is 0.0789. The van der Waals surface area contributed by atoms with Crippen LogP contribution >= 0.6 is 23.3 Å². The number of carbonyl (C=O) groups is 1. The zero-order chi connectivity index (χ0) is 21.3. The molecule has 0 aliphatic heterocycles. The van der Waals surface area contributed by atoms with Crippen LogP contribution in [0.1, 0.15) is 79.9 Å². The van der Waals surface area contributed by atoms with Gasteiger partial charge in [0.2, 0.25) is 0 Å². The molecule has 2 aliphatic carbocycles. The fraction of sp³-hybridized carbons (Fsp3) is 0.524. The van der Waals surface area contributed by atoms with Crippen molar-refractivity contribution in [3.63, 3.8) is 0 Å². The molecule has 0 radical (unpaired) electrons. The van der Waals surface area contributed by atoms with Crippen molar-refractivity contribution >= 4 is 35.0 Å². The van der Waals surface area contributed by atoms with E-state index in [4.69, 9.17) is 15.9 Å². The molecule has 4 rings (SSSR count). The molecule has 1 saturated carbocycles. The number of hydrogen-bond acceptors (Lipinski definition) is 6. The lowest BCUT2D eigenvalue weighted by Gasteiger charge is -2.16. The maximum Gasteiger partial charge on any atom is 0.316 e. The van der Waals surface area contributed by atoms with Gasteiger partial charge < -0.3 is 16.2 Å². The van der Waals surface area contributed by atoms with Crippen LogP contribution in [0.4, 0.5) is 10.5 Å². The summed E-state index contributed by atoms with van der Waals surface area (Å²) < 4.78 is 1.03. The van der Waals surface area contributed by atoms with Gasteiger partial charge in [-0.3, -0.25) is 10.1 Å². The van der Waals surface area contributed by atoms with Crippen molar-refractivity contribution in [1.29, 1.82) is 0 Å². The van der Waals surface area contributed by atoms with Crippen molar-refractivity contribution in [2.24, 2.45) is 10.9 Å². The molecule has 158 valence electrons. The molecule has 1 unspecified atom stereocenters. The summed E-state index contributed by atoms with van der Waals surface area (Å²) in [6.45, 7) is 7.79. The van der Waals surface area contributed by atoms with E-state index in [1.807, 2.05) is 11.4 Å². The largest absolute Gasteiger partial charge is 0.386 e. The van der Waals surface area contributed by atoms with Crippen LogP contribution in [0.3, 0.4) is 0 Å². The van der Waals surface area contributed by atoms with Gasteiger partial charge in [0.15, 0.2) is 0 Å². The van der Waals surface area contributed by atoms with Gasteiger partial charge in [0.05, 0.1) is 15.5 Å². The highest BCUT2D eigenvalue weighted by atomic mass is 32.2. The van der Waals surface area contributed by atoms with E-state index in [2.05, 4.69) is 19.2 Å². The summed E-state index contributed by atoms with van der Waals surface area (Å²) in [5.41, 5.74) is 11.1. The molecule has 2 aromatic rings. The molecule has 0 saturated heterocycles. The van der Waals surface area contributed by atoms with E-state index in [1.165, 1.54) is 41.7 Å². The molecule has 2 aromatic heterocycles. The van der Waals surface area contributed by atoms with Crippen molar-refractivity contribution in [3.8, 4) is 0 Å². The Morgan fingerprint density at radius 3 is 2.52 bits per heavy atom. The number of fused-ring (bicyclic) bond motifs is 1. The third-order valence-electron chi connectivity index (χ3n) is 5.52. The number of hydrogen-bond donors (Lipinski definition) is 4. The molecular weight excluding hydrogens is 404 g/mol. The molecule has 6 N–H and O–H groups in total. The van der Waals surface area contributed by atoms with Gasteiger partial charge in [-0.2, -0.15) is 0 Å². The Morgan fingerprint density at radius 1 is 1.34 bits per heavy atom. The standard InChI is InChI=1S/C14H19N3O.C7H11NOS2/c1-7-3-6-10-11(7)16-12(9-4-5-9)8(2)13(10)17-14(15)18;1-7(2,9)5-3-6(11-8)10-4-5/h7,9H,3-6H2,1-2H3,(H3,15,16,17,18);3-4,9H,8H2,1-2H3. The number of anilines is 1. The first-order chi connectivity index (χ1) is 13.6. The first-order valence-corrected chi connectivity index (χ1v) is 11.7. The average molecular weight is 435 g/mol. The molecule has 6 nitrogen and oxygen atoms in total. The van der Waals surface area contributed by atoms with Crippen molar-refractivity contribution < 1.29 is 9.90 Å². The lowest BCUT2D eigenvalue weighted by atomic mass is 10.0. The van der Waals surface area contributed by atoms with E-state index in [0.29, 0.717) is 11.8 Å². The van der Waals surface area contributed by atoms with E-state index < -0.39 is 11.6 Å². The number of carbonyl (C=O) groups excluding carboxylic acids is 1. The zero-order valence-corrected chi connectivity index (χ0v) is 19.0. The summed E-state index contributed by atoms with van der Waals surface area (Å²) in [4.78, 5) is 16.1. The number of thiophene rings is 1. The quantitative estimate of drug-likeness (QED) is 0.519. The van der Waals surface area contributed by atoms with Crippen LogP contribution in [0.15, 0.2) is 15.7 Å². The molecule has 8 heteroatoms. The number of nitrogens with zero attached hydrogens (tertiary/aromatic N) is 1. The minimum atomic E-state index is -0.746. The molecule has 1 fully saturated rings. The maximum absolute atomic E-state index is 11.2. The maximum atomic E-state index is 11.2. The molecule has 1 atom stereocenters. The summed E-state index contributed by atoms with van der Waals surface area (Å²) in [7, 11) is 0. The van der Waals surface area contributed by atoms with E-state index in [0.717, 1.165) is 33.9 Å². The highest BCUT2D eigenvalue weighted by Gasteiger charge is 2.32. The second kappa shape index (κ2) is 8.63. The summed E-state index contributed by atoms with van der Waals surface area (Å²) in [6.07, 6.45) is 4.54. The van der Waals surface area contributed by atoms with Gasteiger partial charge in [0.1, 0.15) is 0 Å². The molecule has 2 amide bonds. The number of amides is 2. The molecule has 29 heavy (non-hydrogen) atoms. The molecular formula is C21H30N4O2S2. The van der Waals surface area contributed by atoms with Gasteiger partial charge in [0.25, 0.3) is 0 Å². The van der Waals surface area contributed by atoms with Gasteiger partial charge >= 0.3 is 6.03 Å². The predicted molar refractivity (Wildman–Crippen MR) is 120 cm³/mol. The summed E-state index contributed by atoms with van der Waals surface area (Å²) >= 11 is 2.77. The first-order valence-electron chi connectivity index (χ1n) is 9.89. The van der Waals surface area contributed by atoms with Crippen molar-refractivity contribution in [2.75, 3.05) is 5.32 Å². The fourth-order valence-corrected chi connectivity index (χ4v) is 5.02. The molecule has 2 aliphatic rings. The summed E-state index contributed by atoms with van der Waals surface area (Å²) in [5, 5.41) is 19.6. The average Bonchev–Trinajstić information content (AvgIpc) is 3.23. The van der Waals surface area contributed by atoms with Crippen LogP contribution in [0.5, 0.6) is 0 Å². The predicted octanol–water partition coefficient (Wildman–Crippen LogP) is 4.75. The highest BCUT2D eigenvalue weighted by molar-refractivity contribution is 7.99. The zero-order valence-electron chi connectivity index (χ0n) is 17.4. The molecule has 0 aromatic carbocycles. The molecule has 0 bridgehead atoms. The Kier molecular flexibility index (Phi) is 6.57.